The van der Waals surface area contributed by atoms with Gasteiger partial charge in [0, 0.05) is 30.4 Å². The molecule has 0 aliphatic rings. The Hall–Kier alpha value is -1.31. The summed E-state index contributed by atoms with van der Waals surface area (Å²) < 4.78 is 1.94. The van der Waals surface area contributed by atoms with E-state index in [4.69, 9.17) is 5.73 Å². The Morgan fingerprint density at radius 3 is 2.81 bits per heavy atom. The molecule has 1 atom stereocenters. The molecular formula is C12H20N4. The topological polar surface area (TPSA) is 55.9 Å². The van der Waals surface area contributed by atoms with Crippen molar-refractivity contribution >= 4 is 0 Å². The summed E-state index contributed by atoms with van der Waals surface area (Å²) in [4.78, 5) is 0. The van der Waals surface area contributed by atoms with Gasteiger partial charge in [-0.1, -0.05) is 5.92 Å². The summed E-state index contributed by atoms with van der Waals surface area (Å²) in [6, 6.07) is 0.510. The van der Waals surface area contributed by atoms with Crippen molar-refractivity contribution in [2.24, 2.45) is 5.73 Å². The molecule has 1 unspecified atom stereocenters. The van der Waals surface area contributed by atoms with Crippen LogP contribution in [0.4, 0.5) is 0 Å². The number of nitrogens with one attached hydrogen (secondary N) is 1. The molecule has 0 bridgehead atoms. The Morgan fingerprint density at radius 1 is 1.56 bits per heavy atom. The van der Waals surface area contributed by atoms with Gasteiger partial charge in [0.05, 0.1) is 12.7 Å². The van der Waals surface area contributed by atoms with E-state index in [0.717, 1.165) is 5.56 Å². The Kier molecular flexibility index (Phi) is 5.03. The van der Waals surface area contributed by atoms with Crippen LogP contribution in [0.5, 0.6) is 0 Å². The molecule has 0 radical (unpaired) electrons. The lowest BCUT2D eigenvalue weighted by atomic mass is 10.1. The van der Waals surface area contributed by atoms with E-state index in [-0.39, 0.29) is 6.04 Å². The molecule has 0 aliphatic heterocycles. The zero-order valence-corrected chi connectivity index (χ0v) is 10.2. The Labute approximate surface area is 97.2 Å². The van der Waals surface area contributed by atoms with Crippen molar-refractivity contribution in [3.05, 3.63) is 18.0 Å². The van der Waals surface area contributed by atoms with Gasteiger partial charge in [-0.25, -0.2) is 0 Å². The molecule has 1 aromatic heterocycles. The first kappa shape index (κ1) is 12.8. The van der Waals surface area contributed by atoms with Crippen molar-refractivity contribution in [3.8, 4) is 11.8 Å². The van der Waals surface area contributed by atoms with Crippen LogP contribution in [0.25, 0.3) is 0 Å². The first-order valence-electron chi connectivity index (χ1n) is 5.56. The third-order valence-electron chi connectivity index (χ3n) is 2.40. The minimum Gasteiger partial charge on any atom is -0.329 e. The highest BCUT2D eigenvalue weighted by Gasteiger charge is 2.11. The second kappa shape index (κ2) is 6.31. The smallest absolute Gasteiger partial charge is 0.0581 e. The normalized spacial score (nSPS) is 12.3. The SMILES string of the molecule is CC#CCNC(CN)c1cnn(C(C)C)c1. The molecule has 0 saturated heterocycles. The summed E-state index contributed by atoms with van der Waals surface area (Å²) in [6.45, 7) is 7.24. The van der Waals surface area contributed by atoms with Gasteiger partial charge in [-0.15, -0.1) is 5.92 Å². The van der Waals surface area contributed by atoms with Crippen molar-refractivity contribution in [1.29, 1.82) is 0 Å². The molecule has 3 N–H and O–H groups in total. The molecule has 0 aromatic carbocycles. The van der Waals surface area contributed by atoms with Crippen molar-refractivity contribution < 1.29 is 0 Å². The average Bonchev–Trinajstić information content (AvgIpc) is 2.74. The predicted octanol–water partition coefficient (Wildman–Crippen LogP) is 1.08. The number of hydrogen-bond acceptors (Lipinski definition) is 3. The van der Waals surface area contributed by atoms with Crippen molar-refractivity contribution in [1.82, 2.24) is 15.1 Å². The summed E-state index contributed by atoms with van der Waals surface area (Å²) >= 11 is 0. The van der Waals surface area contributed by atoms with Gasteiger partial charge in [0.15, 0.2) is 0 Å². The van der Waals surface area contributed by atoms with Gasteiger partial charge in [-0.3, -0.25) is 10.00 Å². The molecule has 88 valence electrons. The largest absolute Gasteiger partial charge is 0.329 e. The highest BCUT2D eigenvalue weighted by atomic mass is 15.3. The van der Waals surface area contributed by atoms with Crippen LogP contribution in [0.15, 0.2) is 12.4 Å². The molecule has 0 fully saturated rings. The van der Waals surface area contributed by atoms with Crippen molar-refractivity contribution in [3.63, 3.8) is 0 Å². The summed E-state index contributed by atoms with van der Waals surface area (Å²) in [5, 5.41) is 7.58. The number of hydrogen-bond donors (Lipinski definition) is 2. The molecule has 16 heavy (non-hydrogen) atoms. The summed E-state index contributed by atoms with van der Waals surface area (Å²) in [6.07, 6.45) is 3.90. The maximum Gasteiger partial charge on any atom is 0.0581 e. The summed E-state index contributed by atoms with van der Waals surface area (Å²) in [5.41, 5.74) is 6.84. The fraction of sp³-hybridized carbons (Fsp3) is 0.583. The fourth-order valence-electron chi connectivity index (χ4n) is 1.41. The van der Waals surface area contributed by atoms with E-state index in [1.807, 2.05) is 24.0 Å². The van der Waals surface area contributed by atoms with Crippen LogP contribution in [0.1, 0.15) is 38.4 Å². The molecule has 0 amide bonds. The van der Waals surface area contributed by atoms with Crippen LogP contribution in [0.3, 0.4) is 0 Å². The maximum atomic E-state index is 5.72. The second-order valence-corrected chi connectivity index (χ2v) is 3.94. The van der Waals surface area contributed by atoms with E-state index < -0.39 is 0 Å². The van der Waals surface area contributed by atoms with E-state index in [0.29, 0.717) is 19.1 Å². The molecular weight excluding hydrogens is 200 g/mol. The molecule has 4 heteroatoms. The van der Waals surface area contributed by atoms with E-state index in [1.165, 1.54) is 0 Å². The minimum absolute atomic E-state index is 0.133. The van der Waals surface area contributed by atoms with Crippen LogP contribution in [-0.4, -0.2) is 22.9 Å². The molecule has 1 aromatic rings. The molecule has 0 spiro atoms. The third-order valence-corrected chi connectivity index (χ3v) is 2.40. The maximum absolute atomic E-state index is 5.72. The van der Waals surface area contributed by atoms with Gasteiger partial charge >= 0.3 is 0 Å². The Balaban J connectivity index is 2.65. The highest BCUT2D eigenvalue weighted by Crippen LogP contribution is 2.12. The summed E-state index contributed by atoms with van der Waals surface area (Å²) in [5.74, 6) is 5.82. The lowest BCUT2D eigenvalue weighted by Gasteiger charge is -2.13. The first-order chi connectivity index (χ1) is 7.69. The van der Waals surface area contributed by atoms with Gasteiger partial charge in [-0.05, 0) is 20.8 Å². The van der Waals surface area contributed by atoms with Gasteiger partial charge in [0.25, 0.3) is 0 Å². The van der Waals surface area contributed by atoms with Gasteiger partial charge in [0.1, 0.15) is 0 Å². The molecule has 0 aliphatic carbocycles. The Morgan fingerprint density at radius 2 is 2.31 bits per heavy atom. The standard InChI is InChI=1S/C12H20N4/c1-4-5-6-14-12(7-13)11-8-15-16(9-11)10(2)3/h8-10,12,14H,6-7,13H2,1-3H3. The summed E-state index contributed by atoms with van der Waals surface area (Å²) in [7, 11) is 0. The molecule has 4 nitrogen and oxygen atoms in total. The van der Waals surface area contributed by atoms with Gasteiger partial charge < -0.3 is 5.73 Å². The van der Waals surface area contributed by atoms with Crippen LogP contribution < -0.4 is 11.1 Å². The van der Waals surface area contributed by atoms with Gasteiger partial charge in [-0.2, -0.15) is 5.10 Å². The monoisotopic (exact) mass is 220 g/mol. The lowest BCUT2D eigenvalue weighted by Crippen LogP contribution is -2.28. The van der Waals surface area contributed by atoms with Crippen LogP contribution in [-0.2, 0) is 0 Å². The van der Waals surface area contributed by atoms with E-state index in [9.17, 15) is 0 Å². The molecule has 0 saturated carbocycles. The van der Waals surface area contributed by atoms with E-state index >= 15 is 0 Å². The predicted molar refractivity (Wildman–Crippen MR) is 65.9 cm³/mol. The van der Waals surface area contributed by atoms with Crippen molar-refractivity contribution in [2.75, 3.05) is 13.1 Å². The number of nitrogens with zero attached hydrogens (tertiary/aromatic N) is 2. The fourth-order valence-corrected chi connectivity index (χ4v) is 1.41. The number of rotatable bonds is 5. The van der Waals surface area contributed by atoms with Crippen molar-refractivity contribution in [2.45, 2.75) is 32.9 Å². The lowest BCUT2D eigenvalue weighted by molar-refractivity contribution is 0.529. The zero-order valence-electron chi connectivity index (χ0n) is 10.2. The number of nitrogens with two attached hydrogens (primary N) is 1. The average molecular weight is 220 g/mol. The van der Waals surface area contributed by atoms with Crippen LogP contribution >= 0.6 is 0 Å². The molecule has 1 heterocycles. The number of aromatic nitrogens is 2. The highest BCUT2D eigenvalue weighted by molar-refractivity contribution is 5.12. The molecule has 1 rings (SSSR count). The zero-order chi connectivity index (χ0) is 12.0. The minimum atomic E-state index is 0.133. The third kappa shape index (κ3) is 3.37. The first-order valence-corrected chi connectivity index (χ1v) is 5.56. The Bertz CT molecular complexity index is 370. The van der Waals surface area contributed by atoms with Crippen LogP contribution in [0, 0.1) is 11.8 Å². The van der Waals surface area contributed by atoms with E-state index in [2.05, 4.69) is 36.1 Å². The van der Waals surface area contributed by atoms with E-state index in [1.54, 1.807) is 0 Å². The quantitative estimate of drug-likeness (QED) is 0.730. The van der Waals surface area contributed by atoms with Crippen LogP contribution in [0.2, 0.25) is 0 Å². The second-order valence-electron chi connectivity index (χ2n) is 3.94. The van der Waals surface area contributed by atoms with Gasteiger partial charge in [0.2, 0.25) is 0 Å².